The molecule has 3 aromatic rings. The van der Waals surface area contributed by atoms with Crippen molar-refractivity contribution >= 4 is 34.7 Å². The number of ether oxygens (including phenoxy) is 2. The molecule has 0 fully saturated rings. The van der Waals surface area contributed by atoms with Crippen LogP contribution in [0, 0.1) is 0 Å². The molecule has 0 bridgehead atoms. The van der Waals surface area contributed by atoms with Crippen LogP contribution in [-0.4, -0.2) is 24.3 Å². The number of benzene rings is 2. The molecule has 1 heterocycles. The Morgan fingerprint density at radius 3 is 2.14 bits per heavy atom. The normalized spacial score (nSPS) is 10.2. The van der Waals surface area contributed by atoms with Crippen LogP contribution >= 0.6 is 11.3 Å². The van der Waals surface area contributed by atoms with Gasteiger partial charge in [0.25, 0.3) is 5.91 Å². The first kappa shape index (κ1) is 19.3. The van der Waals surface area contributed by atoms with Crippen LogP contribution in [0.3, 0.4) is 0 Å². The number of para-hydroxylation sites is 1. The largest absolute Gasteiger partial charge is 0.457 e. The molecule has 7 heteroatoms. The van der Waals surface area contributed by atoms with Gasteiger partial charge in [0.05, 0.1) is 4.88 Å². The maximum atomic E-state index is 12.0. The Bertz CT molecular complexity index is 980. The lowest BCUT2D eigenvalue weighted by molar-refractivity contribution is -0.119. The van der Waals surface area contributed by atoms with E-state index in [1.807, 2.05) is 30.3 Å². The van der Waals surface area contributed by atoms with Gasteiger partial charge in [-0.3, -0.25) is 9.59 Å². The van der Waals surface area contributed by atoms with Crippen LogP contribution in [0.5, 0.6) is 11.5 Å². The zero-order chi connectivity index (χ0) is 19.9. The smallest absolute Gasteiger partial charge is 0.348 e. The maximum absolute atomic E-state index is 12.0. The number of anilines is 1. The summed E-state index contributed by atoms with van der Waals surface area (Å²) in [6.07, 6.45) is 0. The number of esters is 1. The van der Waals surface area contributed by atoms with Gasteiger partial charge >= 0.3 is 5.97 Å². The van der Waals surface area contributed by atoms with Crippen LogP contribution in [0.25, 0.3) is 0 Å². The number of hydrogen-bond acceptors (Lipinski definition) is 6. The van der Waals surface area contributed by atoms with E-state index >= 15 is 0 Å². The summed E-state index contributed by atoms with van der Waals surface area (Å²) in [6.45, 7) is 0.999. The number of carbonyl (C=O) groups excluding carboxylic acids is 3. The van der Waals surface area contributed by atoms with Gasteiger partial charge < -0.3 is 14.8 Å². The summed E-state index contributed by atoms with van der Waals surface area (Å²) in [4.78, 5) is 35.9. The molecule has 1 N–H and O–H groups in total. The highest BCUT2D eigenvalue weighted by Gasteiger charge is 2.14. The van der Waals surface area contributed by atoms with Crippen LogP contribution in [0.2, 0.25) is 0 Å². The number of hydrogen-bond donors (Lipinski definition) is 1. The number of ketones is 1. The highest BCUT2D eigenvalue weighted by Crippen LogP contribution is 2.22. The summed E-state index contributed by atoms with van der Waals surface area (Å²) < 4.78 is 10.7. The van der Waals surface area contributed by atoms with E-state index < -0.39 is 18.5 Å². The molecule has 0 saturated heterocycles. The summed E-state index contributed by atoms with van der Waals surface area (Å²) in [5, 5.41) is 2.64. The molecule has 0 spiro atoms. The second-order valence-corrected chi connectivity index (χ2v) is 6.87. The van der Waals surface area contributed by atoms with Gasteiger partial charge in [-0.05, 0) is 55.5 Å². The first-order valence-corrected chi connectivity index (χ1v) is 9.23. The molecule has 1 amide bonds. The van der Waals surface area contributed by atoms with Crippen molar-refractivity contribution in [1.29, 1.82) is 0 Å². The van der Waals surface area contributed by atoms with E-state index in [9.17, 15) is 14.4 Å². The van der Waals surface area contributed by atoms with Crippen molar-refractivity contribution in [2.75, 3.05) is 11.9 Å². The number of amides is 1. The van der Waals surface area contributed by atoms with Crippen LogP contribution in [-0.2, 0) is 9.53 Å². The summed E-state index contributed by atoms with van der Waals surface area (Å²) in [7, 11) is 0. The van der Waals surface area contributed by atoms with E-state index in [0.717, 1.165) is 11.3 Å². The van der Waals surface area contributed by atoms with Gasteiger partial charge in [0, 0.05) is 5.69 Å². The molecule has 6 nitrogen and oxygen atoms in total. The molecular formula is C21H17NO5S. The van der Waals surface area contributed by atoms with Crippen molar-refractivity contribution in [3.8, 4) is 11.5 Å². The van der Waals surface area contributed by atoms with E-state index in [2.05, 4.69) is 5.32 Å². The third-order valence-electron chi connectivity index (χ3n) is 3.61. The lowest BCUT2D eigenvalue weighted by atomic mass is 10.3. The molecule has 0 saturated carbocycles. The maximum Gasteiger partial charge on any atom is 0.348 e. The summed E-state index contributed by atoms with van der Waals surface area (Å²) in [5.74, 6) is 0.122. The van der Waals surface area contributed by atoms with E-state index in [-0.39, 0.29) is 10.7 Å². The van der Waals surface area contributed by atoms with E-state index in [4.69, 9.17) is 9.47 Å². The van der Waals surface area contributed by atoms with Crippen molar-refractivity contribution in [3.63, 3.8) is 0 Å². The molecule has 2 aromatic carbocycles. The lowest BCUT2D eigenvalue weighted by Crippen LogP contribution is -2.20. The lowest BCUT2D eigenvalue weighted by Gasteiger charge is -2.08. The SMILES string of the molecule is CC(=O)c1ccc(C(=O)OCC(=O)Nc2ccc(Oc3ccccc3)cc2)s1. The molecule has 0 radical (unpaired) electrons. The molecule has 0 aliphatic heterocycles. The fourth-order valence-corrected chi connectivity index (χ4v) is 3.06. The quantitative estimate of drug-likeness (QED) is 0.469. The summed E-state index contributed by atoms with van der Waals surface area (Å²) in [6, 6.07) is 19.2. The number of carbonyl (C=O) groups is 3. The molecule has 28 heavy (non-hydrogen) atoms. The standard InChI is InChI=1S/C21H17NO5S/c1-14(23)18-11-12-19(28-18)21(25)26-13-20(24)22-15-7-9-17(10-8-15)27-16-5-3-2-4-6-16/h2-12H,13H2,1H3,(H,22,24). The van der Waals surface area contributed by atoms with Crippen LogP contribution in [0.1, 0.15) is 26.3 Å². The zero-order valence-electron chi connectivity index (χ0n) is 15.0. The number of rotatable bonds is 7. The summed E-state index contributed by atoms with van der Waals surface area (Å²) >= 11 is 1.04. The summed E-state index contributed by atoms with van der Waals surface area (Å²) in [5.41, 5.74) is 0.552. The highest BCUT2D eigenvalue weighted by molar-refractivity contribution is 7.15. The Balaban J connectivity index is 1.49. The van der Waals surface area contributed by atoms with Crippen LogP contribution < -0.4 is 10.1 Å². The average molecular weight is 395 g/mol. The first-order valence-electron chi connectivity index (χ1n) is 8.42. The Labute approximate surface area is 165 Å². The highest BCUT2D eigenvalue weighted by atomic mass is 32.1. The topological polar surface area (TPSA) is 81.7 Å². The number of thiophene rings is 1. The zero-order valence-corrected chi connectivity index (χ0v) is 15.8. The minimum absolute atomic E-state index is 0.124. The average Bonchev–Trinajstić information content (AvgIpc) is 3.19. The van der Waals surface area contributed by atoms with Crippen LogP contribution in [0.15, 0.2) is 66.7 Å². The van der Waals surface area contributed by atoms with Crippen molar-refractivity contribution in [3.05, 3.63) is 76.5 Å². The van der Waals surface area contributed by atoms with Gasteiger partial charge in [0.15, 0.2) is 12.4 Å². The Kier molecular flexibility index (Phi) is 6.18. The minimum Gasteiger partial charge on any atom is -0.457 e. The number of nitrogens with one attached hydrogen (secondary N) is 1. The third-order valence-corrected chi connectivity index (χ3v) is 4.77. The van der Waals surface area contributed by atoms with Crippen LogP contribution in [0.4, 0.5) is 5.69 Å². The fraction of sp³-hybridized carbons (Fsp3) is 0.0952. The minimum atomic E-state index is -0.640. The molecule has 0 aliphatic carbocycles. The first-order chi connectivity index (χ1) is 13.5. The molecule has 142 valence electrons. The Hall–Kier alpha value is -3.45. The second-order valence-electron chi connectivity index (χ2n) is 5.78. The van der Waals surface area contributed by atoms with Gasteiger partial charge in [0.1, 0.15) is 16.4 Å². The molecular weight excluding hydrogens is 378 g/mol. The Morgan fingerprint density at radius 1 is 0.857 bits per heavy atom. The van der Waals surface area contributed by atoms with Gasteiger partial charge in [-0.2, -0.15) is 0 Å². The monoisotopic (exact) mass is 395 g/mol. The van der Waals surface area contributed by atoms with Crippen molar-refractivity contribution < 1.29 is 23.9 Å². The molecule has 1 aromatic heterocycles. The predicted molar refractivity (Wildman–Crippen MR) is 106 cm³/mol. The molecule has 0 atom stereocenters. The fourth-order valence-electron chi connectivity index (χ4n) is 2.27. The second kappa shape index (κ2) is 8.96. The number of Topliss-reactive ketones (excluding diaryl/α,β-unsaturated/α-hetero) is 1. The molecule has 0 aliphatic rings. The Morgan fingerprint density at radius 2 is 1.50 bits per heavy atom. The van der Waals surface area contributed by atoms with Crippen molar-refractivity contribution in [1.82, 2.24) is 0 Å². The van der Waals surface area contributed by atoms with E-state index in [1.54, 1.807) is 30.3 Å². The van der Waals surface area contributed by atoms with Crippen molar-refractivity contribution in [2.45, 2.75) is 6.92 Å². The van der Waals surface area contributed by atoms with Gasteiger partial charge in [-0.1, -0.05) is 18.2 Å². The third kappa shape index (κ3) is 5.28. The van der Waals surface area contributed by atoms with Crippen molar-refractivity contribution in [2.24, 2.45) is 0 Å². The van der Waals surface area contributed by atoms with Gasteiger partial charge in [0.2, 0.25) is 0 Å². The van der Waals surface area contributed by atoms with Gasteiger partial charge in [-0.25, -0.2) is 4.79 Å². The molecule has 3 rings (SSSR count). The van der Waals surface area contributed by atoms with E-state index in [1.165, 1.54) is 13.0 Å². The molecule has 0 unspecified atom stereocenters. The van der Waals surface area contributed by atoms with Gasteiger partial charge in [-0.15, -0.1) is 11.3 Å². The predicted octanol–water partition coefficient (Wildman–Crippen LogP) is 4.54. The van der Waals surface area contributed by atoms with E-state index in [0.29, 0.717) is 22.1 Å².